The number of imidazole rings is 1. The molecule has 0 bridgehead atoms. The fourth-order valence-electron chi connectivity index (χ4n) is 2.09. The van der Waals surface area contributed by atoms with E-state index in [0.29, 0.717) is 5.52 Å². The Bertz CT molecular complexity index is 653. The second-order valence-corrected chi connectivity index (χ2v) is 4.56. The molecule has 1 fully saturated rings. The third-order valence-electron chi connectivity index (χ3n) is 3.35. The van der Waals surface area contributed by atoms with E-state index in [1.165, 1.54) is 0 Å². The molecule has 6 nitrogen and oxygen atoms in total. The SMILES string of the molecule is CN(C(=O)C1CNC1)c1ccc2[nH]c(=O)[nH]c2c1. The predicted octanol–water partition coefficient (Wildman–Crippen LogP) is 0.0384. The zero-order valence-electron chi connectivity index (χ0n) is 9.99. The summed E-state index contributed by atoms with van der Waals surface area (Å²) in [5, 5.41) is 3.08. The largest absolute Gasteiger partial charge is 0.323 e. The van der Waals surface area contributed by atoms with Crippen molar-refractivity contribution in [1.29, 1.82) is 0 Å². The van der Waals surface area contributed by atoms with Crippen molar-refractivity contribution in [3.8, 4) is 0 Å². The summed E-state index contributed by atoms with van der Waals surface area (Å²) in [6, 6.07) is 5.43. The summed E-state index contributed by atoms with van der Waals surface area (Å²) in [7, 11) is 1.76. The van der Waals surface area contributed by atoms with Crippen molar-refractivity contribution in [2.24, 2.45) is 5.92 Å². The fourth-order valence-corrected chi connectivity index (χ4v) is 2.09. The molecule has 1 amide bonds. The highest BCUT2D eigenvalue weighted by molar-refractivity contribution is 5.96. The zero-order chi connectivity index (χ0) is 12.7. The first-order valence-corrected chi connectivity index (χ1v) is 5.85. The van der Waals surface area contributed by atoms with Crippen LogP contribution in [0.2, 0.25) is 0 Å². The molecule has 0 aliphatic carbocycles. The highest BCUT2D eigenvalue weighted by atomic mass is 16.2. The van der Waals surface area contributed by atoms with E-state index < -0.39 is 0 Å². The van der Waals surface area contributed by atoms with Crippen LogP contribution in [0.15, 0.2) is 23.0 Å². The Morgan fingerprint density at radius 3 is 2.67 bits per heavy atom. The van der Waals surface area contributed by atoms with Gasteiger partial charge in [-0.3, -0.25) is 4.79 Å². The normalized spacial score (nSPS) is 15.6. The smallest absolute Gasteiger partial charge is 0.315 e. The van der Waals surface area contributed by atoms with Crippen molar-refractivity contribution >= 4 is 22.6 Å². The van der Waals surface area contributed by atoms with Gasteiger partial charge in [0.15, 0.2) is 0 Å². The first kappa shape index (κ1) is 11.0. The van der Waals surface area contributed by atoms with Gasteiger partial charge in [-0.25, -0.2) is 4.79 Å². The Kier molecular flexibility index (Phi) is 2.45. The number of hydrogen-bond donors (Lipinski definition) is 3. The number of amides is 1. The Morgan fingerprint density at radius 1 is 1.28 bits per heavy atom. The van der Waals surface area contributed by atoms with E-state index in [4.69, 9.17) is 0 Å². The summed E-state index contributed by atoms with van der Waals surface area (Å²) in [4.78, 5) is 30.2. The van der Waals surface area contributed by atoms with Crippen molar-refractivity contribution in [2.75, 3.05) is 25.0 Å². The number of carbonyl (C=O) groups is 1. The maximum atomic E-state index is 12.1. The van der Waals surface area contributed by atoms with Gasteiger partial charge in [0.05, 0.1) is 17.0 Å². The van der Waals surface area contributed by atoms with Gasteiger partial charge in [0.1, 0.15) is 0 Å². The van der Waals surface area contributed by atoms with Crippen molar-refractivity contribution in [2.45, 2.75) is 0 Å². The molecule has 1 saturated heterocycles. The van der Waals surface area contributed by atoms with Gasteiger partial charge >= 0.3 is 5.69 Å². The molecule has 6 heteroatoms. The number of nitrogens with zero attached hydrogens (tertiary/aromatic N) is 1. The molecule has 3 N–H and O–H groups in total. The number of aromatic amines is 2. The summed E-state index contributed by atoms with van der Waals surface area (Å²) >= 11 is 0. The second kappa shape index (κ2) is 3.99. The molecule has 0 saturated carbocycles. The van der Waals surface area contributed by atoms with Gasteiger partial charge in [-0.05, 0) is 18.2 Å². The molecule has 1 aromatic heterocycles. The highest BCUT2D eigenvalue weighted by Crippen LogP contribution is 2.20. The maximum absolute atomic E-state index is 12.1. The van der Waals surface area contributed by atoms with Gasteiger partial charge in [0.25, 0.3) is 0 Å². The van der Waals surface area contributed by atoms with E-state index in [2.05, 4.69) is 15.3 Å². The van der Waals surface area contributed by atoms with Crippen LogP contribution >= 0.6 is 0 Å². The van der Waals surface area contributed by atoms with Crippen LogP contribution in [-0.4, -0.2) is 36.0 Å². The topological polar surface area (TPSA) is 81.0 Å². The van der Waals surface area contributed by atoms with Crippen molar-refractivity contribution in [1.82, 2.24) is 15.3 Å². The van der Waals surface area contributed by atoms with Gasteiger partial charge in [0, 0.05) is 25.8 Å². The minimum Gasteiger partial charge on any atom is -0.315 e. The summed E-state index contributed by atoms with van der Waals surface area (Å²) in [6.45, 7) is 1.48. The summed E-state index contributed by atoms with van der Waals surface area (Å²) < 4.78 is 0. The minimum absolute atomic E-state index is 0.0657. The van der Waals surface area contributed by atoms with Gasteiger partial charge in [-0.2, -0.15) is 0 Å². The maximum Gasteiger partial charge on any atom is 0.323 e. The van der Waals surface area contributed by atoms with Gasteiger partial charge in [-0.15, -0.1) is 0 Å². The number of aromatic nitrogens is 2. The zero-order valence-corrected chi connectivity index (χ0v) is 9.99. The number of hydrogen-bond acceptors (Lipinski definition) is 3. The predicted molar refractivity (Wildman–Crippen MR) is 68.7 cm³/mol. The monoisotopic (exact) mass is 246 g/mol. The van der Waals surface area contributed by atoms with Crippen LogP contribution in [0.4, 0.5) is 5.69 Å². The molecule has 1 aliphatic rings. The lowest BCUT2D eigenvalue weighted by atomic mass is 10.0. The summed E-state index contributed by atoms with van der Waals surface area (Å²) in [5.74, 6) is 0.168. The molecule has 3 rings (SSSR count). The van der Waals surface area contributed by atoms with E-state index in [0.717, 1.165) is 24.3 Å². The lowest BCUT2D eigenvalue weighted by molar-refractivity contribution is -0.123. The average Bonchev–Trinajstić information content (AvgIpc) is 2.64. The second-order valence-electron chi connectivity index (χ2n) is 4.56. The number of H-pyrrole nitrogens is 2. The van der Waals surface area contributed by atoms with Crippen molar-refractivity contribution in [3.05, 3.63) is 28.7 Å². The highest BCUT2D eigenvalue weighted by Gasteiger charge is 2.28. The van der Waals surface area contributed by atoms with Crippen LogP contribution in [0.5, 0.6) is 0 Å². The van der Waals surface area contributed by atoms with E-state index >= 15 is 0 Å². The molecule has 0 radical (unpaired) electrons. The molecular weight excluding hydrogens is 232 g/mol. The van der Waals surface area contributed by atoms with E-state index in [9.17, 15) is 9.59 Å². The van der Waals surface area contributed by atoms with Crippen LogP contribution in [-0.2, 0) is 4.79 Å². The van der Waals surface area contributed by atoms with Crippen molar-refractivity contribution < 1.29 is 4.79 Å². The fraction of sp³-hybridized carbons (Fsp3) is 0.333. The number of anilines is 1. The molecule has 2 aromatic rings. The lowest BCUT2D eigenvalue weighted by Gasteiger charge is -2.30. The standard InChI is InChI=1S/C12H14N4O2/c1-16(11(17)7-5-13-6-7)8-2-3-9-10(4-8)15-12(18)14-9/h2-4,7,13H,5-6H2,1H3,(H2,14,15,18). The molecule has 0 atom stereocenters. The number of rotatable bonds is 2. The quantitative estimate of drug-likeness (QED) is 0.699. The number of fused-ring (bicyclic) bond motifs is 1. The molecule has 2 heterocycles. The molecule has 1 aliphatic heterocycles. The Morgan fingerprint density at radius 2 is 2.00 bits per heavy atom. The molecule has 0 spiro atoms. The Hall–Kier alpha value is -2.08. The van der Waals surface area contributed by atoms with Crippen LogP contribution in [0.25, 0.3) is 11.0 Å². The van der Waals surface area contributed by atoms with Crippen LogP contribution in [0.1, 0.15) is 0 Å². The van der Waals surface area contributed by atoms with E-state index in [-0.39, 0.29) is 17.5 Å². The molecular formula is C12H14N4O2. The minimum atomic E-state index is -0.237. The van der Waals surface area contributed by atoms with Crippen LogP contribution < -0.4 is 15.9 Å². The number of nitrogens with one attached hydrogen (secondary N) is 3. The van der Waals surface area contributed by atoms with Crippen LogP contribution in [0.3, 0.4) is 0 Å². The number of benzene rings is 1. The van der Waals surface area contributed by atoms with Crippen molar-refractivity contribution in [3.63, 3.8) is 0 Å². The Balaban J connectivity index is 1.92. The van der Waals surface area contributed by atoms with E-state index in [1.807, 2.05) is 6.07 Å². The molecule has 18 heavy (non-hydrogen) atoms. The first-order chi connectivity index (χ1) is 8.65. The third-order valence-corrected chi connectivity index (χ3v) is 3.35. The number of carbonyl (C=O) groups excluding carboxylic acids is 1. The summed E-state index contributed by atoms with van der Waals surface area (Å²) in [6.07, 6.45) is 0. The molecule has 1 aromatic carbocycles. The average molecular weight is 246 g/mol. The van der Waals surface area contributed by atoms with Gasteiger partial charge < -0.3 is 20.2 Å². The van der Waals surface area contributed by atoms with Gasteiger partial charge in [-0.1, -0.05) is 0 Å². The molecule has 0 unspecified atom stereocenters. The Labute approximate surface area is 103 Å². The first-order valence-electron chi connectivity index (χ1n) is 5.85. The van der Waals surface area contributed by atoms with E-state index in [1.54, 1.807) is 24.1 Å². The summed E-state index contributed by atoms with van der Waals surface area (Å²) in [5.41, 5.74) is 2.01. The lowest BCUT2D eigenvalue weighted by Crippen LogP contribution is -2.51. The van der Waals surface area contributed by atoms with Gasteiger partial charge in [0.2, 0.25) is 5.91 Å². The third kappa shape index (κ3) is 1.70. The molecule has 94 valence electrons. The van der Waals surface area contributed by atoms with Crippen LogP contribution in [0, 0.1) is 5.92 Å².